The molecule has 24 heavy (non-hydrogen) atoms. The van der Waals surface area contributed by atoms with E-state index >= 15 is 0 Å². The van der Waals surface area contributed by atoms with Gasteiger partial charge in [-0.15, -0.1) is 0 Å². The van der Waals surface area contributed by atoms with E-state index in [0.717, 1.165) is 63.2 Å². The summed E-state index contributed by atoms with van der Waals surface area (Å²) in [5.74, 6) is 2.99. The lowest BCUT2D eigenvalue weighted by molar-refractivity contribution is 0.129. The third kappa shape index (κ3) is 7.18. The first kappa shape index (κ1) is 19.2. The summed E-state index contributed by atoms with van der Waals surface area (Å²) in [5.41, 5.74) is 0.379. The standard InChI is InChI=1S/C18H31N3O2S/c1-3-22-13-9-18(7-8-18)15-21-17(20-11-14-24-2)19-10-6-16-5-4-12-23-16/h4-5,12H,3,6-11,13-15H2,1-2H3,(H2,19,20,21). The van der Waals surface area contributed by atoms with Crippen molar-refractivity contribution in [2.45, 2.75) is 32.6 Å². The molecule has 0 saturated heterocycles. The Morgan fingerprint density at radius 1 is 1.38 bits per heavy atom. The molecule has 1 aliphatic rings. The van der Waals surface area contributed by atoms with Crippen LogP contribution in [-0.2, 0) is 11.2 Å². The van der Waals surface area contributed by atoms with Gasteiger partial charge in [0.1, 0.15) is 5.76 Å². The van der Waals surface area contributed by atoms with Gasteiger partial charge in [-0.25, -0.2) is 0 Å². The van der Waals surface area contributed by atoms with Gasteiger partial charge in [-0.1, -0.05) is 0 Å². The third-order valence-corrected chi connectivity index (χ3v) is 4.97. The summed E-state index contributed by atoms with van der Waals surface area (Å²) in [7, 11) is 0. The van der Waals surface area contributed by atoms with Gasteiger partial charge < -0.3 is 19.8 Å². The minimum atomic E-state index is 0.379. The summed E-state index contributed by atoms with van der Waals surface area (Å²) >= 11 is 1.84. The number of rotatable bonds is 12. The van der Waals surface area contributed by atoms with Gasteiger partial charge in [0.2, 0.25) is 0 Å². The first-order valence-electron chi connectivity index (χ1n) is 8.89. The first-order chi connectivity index (χ1) is 11.8. The maximum Gasteiger partial charge on any atom is 0.191 e. The molecule has 1 heterocycles. The number of aliphatic imine (C=N–C) groups is 1. The van der Waals surface area contributed by atoms with E-state index < -0.39 is 0 Å². The lowest BCUT2D eigenvalue weighted by Gasteiger charge is -2.15. The molecule has 0 bridgehead atoms. The highest BCUT2D eigenvalue weighted by atomic mass is 32.2. The molecule has 0 amide bonds. The number of ether oxygens (including phenoxy) is 1. The van der Waals surface area contributed by atoms with Crippen LogP contribution < -0.4 is 10.6 Å². The van der Waals surface area contributed by atoms with Crippen molar-refractivity contribution >= 4 is 17.7 Å². The van der Waals surface area contributed by atoms with Crippen LogP contribution in [0.3, 0.4) is 0 Å². The predicted octanol–water partition coefficient (Wildman–Crippen LogP) is 2.93. The van der Waals surface area contributed by atoms with Crippen molar-refractivity contribution < 1.29 is 9.15 Å². The summed E-state index contributed by atoms with van der Waals surface area (Å²) < 4.78 is 10.9. The molecule has 0 spiro atoms. The molecule has 2 N–H and O–H groups in total. The van der Waals surface area contributed by atoms with E-state index in [1.807, 2.05) is 23.9 Å². The zero-order chi connectivity index (χ0) is 17.1. The quantitative estimate of drug-likeness (QED) is 0.344. The van der Waals surface area contributed by atoms with Gasteiger partial charge in [-0.3, -0.25) is 4.99 Å². The molecule has 0 aliphatic heterocycles. The van der Waals surface area contributed by atoms with Gasteiger partial charge in [-0.05, 0) is 50.0 Å². The molecule has 0 unspecified atom stereocenters. The number of nitrogens with one attached hydrogen (secondary N) is 2. The van der Waals surface area contributed by atoms with Gasteiger partial charge in [-0.2, -0.15) is 11.8 Å². The van der Waals surface area contributed by atoms with E-state index in [9.17, 15) is 0 Å². The average molecular weight is 354 g/mol. The normalized spacial score (nSPS) is 16.2. The topological polar surface area (TPSA) is 58.8 Å². The van der Waals surface area contributed by atoms with Crippen LogP contribution in [0.1, 0.15) is 31.9 Å². The molecule has 6 heteroatoms. The monoisotopic (exact) mass is 353 g/mol. The minimum Gasteiger partial charge on any atom is -0.469 e. The van der Waals surface area contributed by atoms with Crippen LogP contribution in [0.15, 0.2) is 27.8 Å². The van der Waals surface area contributed by atoms with Crippen molar-refractivity contribution in [3.8, 4) is 0 Å². The SMILES string of the molecule is CCOCCC1(CN=C(NCCSC)NCCc2ccco2)CC1. The highest BCUT2D eigenvalue weighted by molar-refractivity contribution is 7.98. The number of hydrogen-bond donors (Lipinski definition) is 2. The summed E-state index contributed by atoms with van der Waals surface area (Å²) in [6, 6.07) is 3.93. The van der Waals surface area contributed by atoms with E-state index in [2.05, 4.69) is 23.8 Å². The van der Waals surface area contributed by atoms with Crippen LogP contribution in [0.25, 0.3) is 0 Å². The third-order valence-electron chi connectivity index (χ3n) is 4.35. The second kappa shape index (κ2) is 10.7. The molecule has 0 aromatic carbocycles. The lowest BCUT2D eigenvalue weighted by atomic mass is 10.0. The molecule has 2 rings (SSSR count). The molecule has 1 saturated carbocycles. The smallest absolute Gasteiger partial charge is 0.191 e. The maximum atomic E-state index is 5.51. The minimum absolute atomic E-state index is 0.379. The molecule has 136 valence electrons. The molecule has 5 nitrogen and oxygen atoms in total. The molecular formula is C18H31N3O2S. The van der Waals surface area contributed by atoms with Crippen LogP contribution >= 0.6 is 11.8 Å². The molecule has 1 aliphatic carbocycles. The van der Waals surface area contributed by atoms with Crippen molar-refractivity contribution in [2.75, 3.05) is 44.9 Å². The van der Waals surface area contributed by atoms with Crippen LogP contribution in [0, 0.1) is 5.41 Å². The Morgan fingerprint density at radius 3 is 2.88 bits per heavy atom. The van der Waals surface area contributed by atoms with Gasteiger partial charge in [0.05, 0.1) is 6.26 Å². The highest BCUT2D eigenvalue weighted by Gasteiger charge is 2.41. The Kier molecular flexibility index (Phi) is 8.53. The number of guanidine groups is 1. The fraction of sp³-hybridized carbons (Fsp3) is 0.722. The number of thioether (sulfide) groups is 1. The summed E-state index contributed by atoms with van der Waals surface area (Å²) in [6.07, 6.45) is 8.37. The van der Waals surface area contributed by atoms with E-state index in [0.29, 0.717) is 5.41 Å². The van der Waals surface area contributed by atoms with Crippen molar-refractivity contribution in [1.82, 2.24) is 10.6 Å². The van der Waals surface area contributed by atoms with Gasteiger partial charge in [0.25, 0.3) is 0 Å². The van der Waals surface area contributed by atoms with Crippen molar-refractivity contribution in [3.05, 3.63) is 24.2 Å². The van der Waals surface area contributed by atoms with E-state index in [1.165, 1.54) is 12.8 Å². The highest BCUT2D eigenvalue weighted by Crippen LogP contribution is 2.48. The maximum absolute atomic E-state index is 5.51. The Hall–Kier alpha value is -1.14. The molecule has 1 aromatic rings. The van der Waals surface area contributed by atoms with Crippen LogP contribution in [-0.4, -0.2) is 50.8 Å². The van der Waals surface area contributed by atoms with E-state index in [-0.39, 0.29) is 0 Å². The number of nitrogens with zero attached hydrogens (tertiary/aromatic N) is 1. The van der Waals surface area contributed by atoms with Crippen LogP contribution in [0.5, 0.6) is 0 Å². The fourth-order valence-corrected chi connectivity index (χ4v) is 2.85. The van der Waals surface area contributed by atoms with Crippen LogP contribution in [0.4, 0.5) is 0 Å². The molecule has 0 atom stereocenters. The number of hydrogen-bond acceptors (Lipinski definition) is 4. The average Bonchev–Trinajstić information content (AvgIpc) is 3.16. The number of furan rings is 1. The van der Waals surface area contributed by atoms with Gasteiger partial charge in [0.15, 0.2) is 5.96 Å². The summed E-state index contributed by atoms with van der Waals surface area (Å²) in [4.78, 5) is 4.83. The lowest BCUT2D eigenvalue weighted by Crippen LogP contribution is -2.40. The van der Waals surface area contributed by atoms with Crippen LogP contribution in [0.2, 0.25) is 0 Å². The Balaban J connectivity index is 1.77. The van der Waals surface area contributed by atoms with E-state index in [1.54, 1.807) is 6.26 Å². The largest absolute Gasteiger partial charge is 0.469 e. The van der Waals surface area contributed by atoms with Crippen molar-refractivity contribution in [2.24, 2.45) is 10.4 Å². The first-order valence-corrected chi connectivity index (χ1v) is 10.3. The zero-order valence-corrected chi connectivity index (χ0v) is 15.8. The van der Waals surface area contributed by atoms with Crippen molar-refractivity contribution in [3.63, 3.8) is 0 Å². The van der Waals surface area contributed by atoms with Gasteiger partial charge in [0, 0.05) is 45.0 Å². The van der Waals surface area contributed by atoms with Gasteiger partial charge >= 0.3 is 0 Å². The van der Waals surface area contributed by atoms with Crippen molar-refractivity contribution in [1.29, 1.82) is 0 Å². The Morgan fingerprint density at radius 2 is 2.21 bits per heavy atom. The summed E-state index contributed by atoms with van der Waals surface area (Å²) in [5, 5.41) is 6.85. The molecule has 1 fully saturated rings. The van der Waals surface area contributed by atoms with E-state index in [4.69, 9.17) is 14.1 Å². The second-order valence-corrected chi connectivity index (χ2v) is 7.27. The predicted molar refractivity (Wildman–Crippen MR) is 102 cm³/mol. The second-order valence-electron chi connectivity index (χ2n) is 6.29. The molecular weight excluding hydrogens is 322 g/mol. The summed E-state index contributed by atoms with van der Waals surface area (Å²) in [6.45, 7) is 6.34. The zero-order valence-electron chi connectivity index (χ0n) is 15.0. The fourth-order valence-electron chi connectivity index (χ4n) is 2.55. The molecule has 0 radical (unpaired) electrons. The molecule has 1 aromatic heterocycles. The Labute approximate surface area is 150 Å². The Bertz CT molecular complexity index is 473.